The van der Waals surface area contributed by atoms with Gasteiger partial charge in [-0.15, -0.1) is 6.58 Å². The molecule has 70 valence electrons. The third kappa shape index (κ3) is 2.62. The number of hydrogen-bond acceptors (Lipinski definition) is 1. The lowest BCUT2D eigenvalue weighted by molar-refractivity contribution is 0.919. The van der Waals surface area contributed by atoms with Crippen LogP contribution in [0.15, 0.2) is 30.9 Å². The quantitative estimate of drug-likeness (QED) is 0.552. The topological polar surface area (TPSA) is 26.0 Å². The van der Waals surface area contributed by atoms with Crippen LogP contribution >= 0.6 is 0 Å². The molecule has 0 amide bonds. The van der Waals surface area contributed by atoms with Gasteiger partial charge in [0.15, 0.2) is 0 Å². The molecule has 1 heteroatoms. The Balaban J connectivity index is 2.89. The lowest BCUT2D eigenvalue weighted by Gasteiger charge is -2.05. The summed E-state index contributed by atoms with van der Waals surface area (Å²) in [6.07, 6.45) is 5.06. The third-order valence-electron chi connectivity index (χ3n) is 2.11. The van der Waals surface area contributed by atoms with Crippen LogP contribution in [-0.2, 0) is 12.8 Å². The standard InChI is InChI=1S/C12H17N/c1-3-5-10-7-8-12(13)11(9-10)6-4-2/h4,7-9H,2-3,5-6,13H2,1H3. The van der Waals surface area contributed by atoms with Crippen molar-refractivity contribution in [1.29, 1.82) is 0 Å². The fraction of sp³-hybridized carbons (Fsp3) is 0.333. The van der Waals surface area contributed by atoms with Gasteiger partial charge in [-0.05, 0) is 30.0 Å². The van der Waals surface area contributed by atoms with E-state index in [1.807, 2.05) is 12.1 Å². The zero-order valence-corrected chi connectivity index (χ0v) is 8.22. The van der Waals surface area contributed by atoms with Gasteiger partial charge in [0.1, 0.15) is 0 Å². The molecule has 0 atom stereocenters. The van der Waals surface area contributed by atoms with Crippen molar-refractivity contribution in [2.45, 2.75) is 26.2 Å². The fourth-order valence-corrected chi connectivity index (χ4v) is 1.44. The van der Waals surface area contributed by atoms with Gasteiger partial charge >= 0.3 is 0 Å². The number of nitrogen functional groups attached to an aromatic ring is 1. The highest BCUT2D eigenvalue weighted by Gasteiger charge is 1.98. The average Bonchev–Trinajstić information content (AvgIpc) is 2.12. The summed E-state index contributed by atoms with van der Waals surface area (Å²) < 4.78 is 0. The lowest BCUT2D eigenvalue weighted by atomic mass is 10.0. The Bertz CT molecular complexity index is 289. The minimum atomic E-state index is 0.864. The van der Waals surface area contributed by atoms with Crippen molar-refractivity contribution < 1.29 is 0 Å². The molecule has 0 radical (unpaired) electrons. The highest BCUT2D eigenvalue weighted by molar-refractivity contribution is 5.49. The summed E-state index contributed by atoms with van der Waals surface area (Å²) >= 11 is 0. The van der Waals surface area contributed by atoms with Crippen LogP contribution in [0.4, 0.5) is 5.69 Å². The molecular formula is C12H17N. The van der Waals surface area contributed by atoms with Gasteiger partial charge in [-0.1, -0.05) is 31.6 Å². The van der Waals surface area contributed by atoms with Crippen molar-refractivity contribution in [2.75, 3.05) is 5.73 Å². The van der Waals surface area contributed by atoms with E-state index in [2.05, 4.69) is 25.6 Å². The summed E-state index contributed by atoms with van der Waals surface area (Å²) in [5.74, 6) is 0. The maximum Gasteiger partial charge on any atom is 0.0349 e. The first-order valence-electron chi connectivity index (χ1n) is 4.76. The van der Waals surface area contributed by atoms with E-state index in [0.717, 1.165) is 18.5 Å². The van der Waals surface area contributed by atoms with Crippen molar-refractivity contribution in [3.63, 3.8) is 0 Å². The average molecular weight is 175 g/mol. The monoisotopic (exact) mass is 175 g/mol. The number of allylic oxidation sites excluding steroid dienone is 1. The van der Waals surface area contributed by atoms with Crippen molar-refractivity contribution in [3.05, 3.63) is 42.0 Å². The summed E-state index contributed by atoms with van der Waals surface area (Å²) in [7, 11) is 0. The number of hydrogen-bond donors (Lipinski definition) is 1. The fourth-order valence-electron chi connectivity index (χ4n) is 1.44. The van der Waals surface area contributed by atoms with E-state index in [0.29, 0.717) is 0 Å². The van der Waals surface area contributed by atoms with Crippen LogP contribution in [-0.4, -0.2) is 0 Å². The second-order valence-corrected chi connectivity index (χ2v) is 3.28. The van der Waals surface area contributed by atoms with Crippen LogP contribution in [0.2, 0.25) is 0 Å². The van der Waals surface area contributed by atoms with Crippen molar-refractivity contribution in [3.8, 4) is 0 Å². The van der Waals surface area contributed by atoms with E-state index in [1.54, 1.807) is 0 Å². The van der Waals surface area contributed by atoms with Gasteiger partial charge in [0.25, 0.3) is 0 Å². The van der Waals surface area contributed by atoms with Crippen LogP contribution in [0, 0.1) is 0 Å². The van der Waals surface area contributed by atoms with Crippen molar-refractivity contribution in [2.24, 2.45) is 0 Å². The second kappa shape index (κ2) is 4.70. The van der Waals surface area contributed by atoms with Crippen molar-refractivity contribution in [1.82, 2.24) is 0 Å². The maximum absolute atomic E-state index is 5.82. The first-order valence-corrected chi connectivity index (χ1v) is 4.76. The second-order valence-electron chi connectivity index (χ2n) is 3.28. The van der Waals surface area contributed by atoms with Gasteiger partial charge in [0, 0.05) is 5.69 Å². The molecule has 0 aliphatic heterocycles. The molecule has 0 saturated heterocycles. The van der Waals surface area contributed by atoms with Crippen LogP contribution in [0.5, 0.6) is 0 Å². The predicted octanol–water partition coefficient (Wildman–Crippen LogP) is 2.95. The zero-order valence-electron chi connectivity index (χ0n) is 8.22. The Kier molecular flexibility index (Phi) is 3.56. The zero-order chi connectivity index (χ0) is 9.68. The molecule has 1 rings (SSSR count). The summed E-state index contributed by atoms with van der Waals surface area (Å²) in [6.45, 7) is 5.90. The number of rotatable bonds is 4. The summed E-state index contributed by atoms with van der Waals surface area (Å²) in [6, 6.07) is 6.27. The van der Waals surface area contributed by atoms with Gasteiger partial charge in [0.05, 0.1) is 0 Å². The number of benzene rings is 1. The van der Waals surface area contributed by atoms with E-state index in [4.69, 9.17) is 5.73 Å². The van der Waals surface area contributed by atoms with Crippen LogP contribution < -0.4 is 5.73 Å². The van der Waals surface area contributed by atoms with Crippen molar-refractivity contribution >= 4 is 5.69 Å². The van der Waals surface area contributed by atoms with Gasteiger partial charge in [-0.2, -0.15) is 0 Å². The number of aryl methyl sites for hydroxylation is 1. The van der Waals surface area contributed by atoms with Gasteiger partial charge < -0.3 is 5.73 Å². The predicted molar refractivity (Wildman–Crippen MR) is 58.8 cm³/mol. The van der Waals surface area contributed by atoms with Crippen LogP contribution in [0.1, 0.15) is 24.5 Å². The Morgan fingerprint density at radius 3 is 2.85 bits per heavy atom. The Labute approximate surface area is 80.3 Å². The molecule has 0 aliphatic rings. The Morgan fingerprint density at radius 2 is 2.23 bits per heavy atom. The first-order chi connectivity index (χ1) is 6.27. The minimum absolute atomic E-state index is 0.864. The minimum Gasteiger partial charge on any atom is -0.398 e. The SMILES string of the molecule is C=CCc1cc(CCC)ccc1N. The molecule has 0 spiro atoms. The smallest absolute Gasteiger partial charge is 0.0349 e. The number of nitrogens with two attached hydrogens (primary N) is 1. The summed E-state index contributed by atoms with van der Waals surface area (Å²) in [5, 5.41) is 0. The van der Waals surface area contributed by atoms with E-state index in [1.165, 1.54) is 17.5 Å². The van der Waals surface area contributed by atoms with E-state index < -0.39 is 0 Å². The number of anilines is 1. The molecule has 0 fully saturated rings. The van der Waals surface area contributed by atoms with Gasteiger partial charge in [0.2, 0.25) is 0 Å². The Hall–Kier alpha value is -1.24. The van der Waals surface area contributed by atoms with Gasteiger partial charge in [-0.25, -0.2) is 0 Å². The highest BCUT2D eigenvalue weighted by Crippen LogP contribution is 2.16. The summed E-state index contributed by atoms with van der Waals surface area (Å²) in [5.41, 5.74) is 9.26. The molecule has 0 saturated carbocycles. The maximum atomic E-state index is 5.82. The molecule has 1 aromatic carbocycles. The first kappa shape index (κ1) is 9.85. The molecule has 1 aromatic rings. The lowest BCUT2D eigenvalue weighted by Crippen LogP contribution is -1.95. The molecular weight excluding hydrogens is 158 g/mol. The Morgan fingerprint density at radius 1 is 1.46 bits per heavy atom. The third-order valence-corrected chi connectivity index (χ3v) is 2.11. The molecule has 0 aliphatic carbocycles. The molecule has 1 nitrogen and oxygen atoms in total. The molecule has 13 heavy (non-hydrogen) atoms. The van der Waals surface area contributed by atoms with E-state index in [9.17, 15) is 0 Å². The molecule has 0 bridgehead atoms. The van der Waals surface area contributed by atoms with E-state index >= 15 is 0 Å². The van der Waals surface area contributed by atoms with Crippen LogP contribution in [0.3, 0.4) is 0 Å². The molecule has 0 heterocycles. The molecule has 0 unspecified atom stereocenters. The molecule has 0 aromatic heterocycles. The molecule has 2 N–H and O–H groups in total. The van der Waals surface area contributed by atoms with Gasteiger partial charge in [-0.3, -0.25) is 0 Å². The highest BCUT2D eigenvalue weighted by atomic mass is 14.6. The van der Waals surface area contributed by atoms with Crippen LogP contribution in [0.25, 0.3) is 0 Å². The largest absolute Gasteiger partial charge is 0.398 e. The normalized spacial score (nSPS) is 9.92. The summed E-state index contributed by atoms with van der Waals surface area (Å²) in [4.78, 5) is 0. The van der Waals surface area contributed by atoms with E-state index in [-0.39, 0.29) is 0 Å².